The molecule has 0 bridgehead atoms. The molecule has 0 saturated carbocycles. The molecule has 5 heteroatoms. The molecule has 0 aliphatic heterocycles. The third kappa shape index (κ3) is 2.91. The van der Waals surface area contributed by atoms with Crippen LogP contribution in [0.2, 0.25) is 0 Å². The van der Waals surface area contributed by atoms with Gasteiger partial charge in [-0.15, -0.1) is 0 Å². The van der Waals surface area contributed by atoms with Gasteiger partial charge in [-0.2, -0.15) is 0 Å². The molecule has 0 aromatic heterocycles. The first-order chi connectivity index (χ1) is 8.53. The molecule has 1 aliphatic rings. The molecule has 0 amide bonds. The summed E-state index contributed by atoms with van der Waals surface area (Å²) in [6.07, 6.45) is 1.57. The van der Waals surface area contributed by atoms with Crippen LogP contribution in [0.25, 0.3) is 0 Å². The second-order valence-electron chi connectivity index (χ2n) is 4.85. The monoisotopic (exact) mass is 268 g/mol. The molecule has 4 nitrogen and oxygen atoms in total. The first kappa shape index (κ1) is 13.5. The lowest BCUT2D eigenvalue weighted by atomic mass is 10.0. The van der Waals surface area contributed by atoms with Gasteiger partial charge in [-0.1, -0.05) is 31.2 Å². The Labute approximate surface area is 109 Å². The lowest BCUT2D eigenvalue weighted by Crippen LogP contribution is -2.35. The maximum atomic E-state index is 11.9. The van der Waals surface area contributed by atoms with Crippen LogP contribution in [0.3, 0.4) is 0 Å². The number of sulfonamides is 1. The summed E-state index contributed by atoms with van der Waals surface area (Å²) >= 11 is 0. The average Bonchev–Trinajstić information content (AvgIpc) is 2.63. The maximum Gasteiger partial charge on any atom is 0.212 e. The number of hydrogen-bond acceptors (Lipinski definition) is 3. The van der Waals surface area contributed by atoms with Gasteiger partial charge in [-0.3, -0.25) is 0 Å². The normalized spacial score (nSPS) is 23.0. The van der Waals surface area contributed by atoms with Crippen LogP contribution < -0.4 is 10.5 Å². The van der Waals surface area contributed by atoms with E-state index in [9.17, 15) is 8.42 Å². The molecule has 0 radical (unpaired) electrons. The van der Waals surface area contributed by atoms with E-state index in [1.54, 1.807) is 0 Å². The van der Waals surface area contributed by atoms with Gasteiger partial charge in [0, 0.05) is 18.5 Å². The molecule has 2 atom stereocenters. The Morgan fingerprint density at radius 3 is 2.83 bits per heavy atom. The van der Waals surface area contributed by atoms with Crippen molar-refractivity contribution < 1.29 is 8.42 Å². The second-order valence-corrected chi connectivity index (χ2v) is 6.70. The van der Waals surface area contributed by atoms with Gasteiger partial charge >= 0.3 is 0 Å². The molecule has 0 saturated heterocycles. The van der Waals surface area contributed by atoms with Crippen LogP contribution in [0.15, 0.2) is 24.3 Å². The van der Waals surface area contributed by atoms with Crippen molar-refractivity contribution >= 4 is 10.0 Å². The van der Waals surface area contributed by atoms with E-state index >= 15 is 0 Å². The Morgan fingerprint density at radius 1 is 1.39 bits per heavy atom. The summed E-state index contributed by atoms with van der Waals surface area (Å²) in [7, 11) is -3.23. The highest BCUT2D eigenvalue weighted by atomic mass is 32.2. The van der Waals surface area contributed by atoms with Crippen LogP contribution in [0.4, 0.5) is 0 Å². The molecule has 18 heavy (non-hydrogen) atoms. The highest BCUT2D eigenvalue weighted by molar-refractivity contribution is 7.89. The van der Waals surface area contributed by atoms with Gasteiger partial charge in [0.2, 0.25) is 10.0 Å². The number of nitrogens with two attached hydrogens (primary N) is 1. The summed E-state index contributed by atoms with van der Waals surface area (Å²) in [5.41, 5.74) is 8.34. The fourth-order valence-corrected chi connectivity index (χ4v) is 4.01. The molecule has 0 unspecified atom stereocenters. The van der Waals surface area contributed by atoms with Crippen molar-refractivity contribution in [2.75, 3.05) is 12.3 Å². The molecule has 1 aromatic rings. The summed E-state index contributed by atoms with van der Waals surface area (Å²) in [5.74, 6) is 0.00102. The lowest BCUT2D eigenvalue weighted by molar-refractivity contribution is 0.556. The van der Waals surface area contributed by atoms with Crippen LogP contribution in [0, 0.1) is 0 Å². The standard InChI is InChI=1S/C13H20N2O2S/c1-2-7-15-18(16,17)9-12-11-6-4-3-5-10(11)8-13(12)14/h3-6,12-13,15H,2,7-9,14H2,1H3/t12-,13-/m1/s1. The van der Waals surface area contributed by atoms with Gasteiger partial charge < -0.3 is 5.73 Å². The van der Waals surface area contributed by atoms with E-state index in [4.69, 9.17) is 5.73 Å². The largest absolute Gasteiger partial charge is 0.327 e. The van der Waals surface area contributed by atoms with Crippen LogP contribution in [-0.2, 0) is 16.4 Å². The van der Waals surface area contributed by atoms with E-state index in [-0.39, 0.29) is 17.7 Å². The Balaban J connectivity index is 2.15. The highest BCUT2D eigenvalue weighted by Gasteiger charge is 2.32. The zero-order chi connectivity index (χ0) is 13.2. The summed E-state index contributed by atoms with van der Waals surface area (Å²) in [6.45, 7) is 2.44. The number of fused-ring (bicyclic) bond motifs is 1. The maximum absolute atomic E-state index is 11.9. The third-order valence-electron chi connectivity index (χ3n) is 3.40. The fraction of sp³-hybridized carbons (Fsp3) is 0.538. The highest BCUT2D eigenvalue weighted by Crippen LogP contribution is 2.32. The summed E-state index contributed by atoms with van der Waals surface area (Å²) in [5, 5.41) is 0. The van der Waals surface area contributed by atoms with Gasteiger partial charge in [0.15, 0.2) is 0 Å². The van der Waals surface area contributed by atoms with Crippen molar-refractivity contribution in [2.45, 2.75) is 31.7 Å². The minimum Gasteiger partial charge on any atom is -0.327 e. The van der Waals surface area contributed by atoms with Crippen molar-refractivity contribution in [3.05, 3.63) is 35.4 Å². The summed E-state index contributed by atoms with van der Waals surface area (Å²) < 4.78 is 26.5. The Morgan fingerprint density at radius 2 is 2.11 bits per heavy atom. The first-order valence-electron chi connectivity index (χ1n) is 6.34. The number of hydrogen-bond donors (Lipinski definition) is 2. The minimum absolute atomic E-state index is 0.0874. The Bertz CT molecular complexity index is 513. The van der Waals surface area contributed by atoms with Crippen molar-refractivity contribution in [2.24, 2.45) is 5.73 Å². The summed E-state index contributed by atoms with van der Waals surface area (Å²) in [4.78, 5) is 0. The molecule has 2 rings (SSSR count). The van der Waals surface area contributed by atoms with E-state index < -0.39 is 10.0 Å². The van der Waals surface area contributed by atoms with Crippen LogP contribution in [0.1, 0.15) is 30.4 Å². The van der Waals surface area contributed by atoms with Crippen molar-refractivity contribution in [1.82, 2.24) is 4.72 Å². The van der Waals surface area contributed by atoms with E-state index in [1.807, 2.05) is 31.2 Å². The molecular weight excluding hydrogens is 248 g/mol. The zero-order valence-corrected chi connectivity index (χ0v) is 11.4. The van der Waals surface area contributed by atoms with Gasteiger partial charge in [0.25, 0.3) is 0 Å². The lowest BCUT2D eigenvalue weighted by Gasteiger charge is -2.17. The topological polar surface area (TPSA) is 72.2 Å². The first-order valence-corrected chi connectivity index (χ1v) is 7.99. The molecule has 100 valence electrons. The predicted molar refractivity (Wildman–Crippen MR) is 72.9 cm³/mol. The molecule has 0 spiro atoms. The van der Waals surface area contributed by atoms with Crippen molar-refractivity contribution in [1.29, 1.82) is 0 Å². The predicted octanol–water partition coefficient (Wildman–Crippen LogP) is 0.983. The SMILES string of the molecule is CCCNS(=O)(=O)C[C@@H]1c2ccccc2C[C@H]1N. The quantitative estimate of drug-likeness (QED) is 0.836. The van der Waals surface area contributed by atoms with Crippen molar-refractivity contribution in [3.63, 3.8) is 0 Å². The Kier molecular flexibility index (Phi) is 4.04. The number of nitrogens with one attached hydrogen (secondary N) is 1. The second kappa shape index (κ2) is 5.38. The Hall–Kier alpha value is -0.910. The van der Waals surface area contributed by atoms with E-state index in [1.165, 1.54) is 5.56 Å². The molecule has 0 fully saturated rings. The molecule has 1 aliphatic carbocycles. The smallest absolute Gasteiger partial charge is 0.212 e. The molecule has 0 heterocycles. The van der Waals surface area contributed by atoms with Gasteiger partial charge in [0.1, 0.15) is 0 Å². The van der Waals surface area contributed by atoms with Crippen LogP contribution in [-0.4, -0.2) is 26.8 Å². The van der Waals surface area contributed by atoms with Gasteiger partial charge in [-0.25, -0.2) is 13.1 Å². The van der Waals surface area contributed by atoms with Crippen LogP contribution >= 0.6 is 0 Å². The number of rotatable bonds is 5. The van der Waals surface area contributed by atoms with Gasteiger partial charge in [0.05, 0.1) is 5.75 Å². The average molecular weight is 268 g/mol. The molecule has 3 N–H and O–H groups in total. The number of benzene rings is 1. The summed E-state index contributed by atoms with van der Waals surface area (Å²) in [6, 6.07) is 7.83. The van der Waals surface area contributed by atoms with Crippen molar-refractivity contribution in [3.8, 4) is 0 Å². The van der Waals surface area contributed by atoms with E-state index in [0.717, 1.165) is 18.4 Å². The van der Waals surface area contributed by atoms with E-state index in [0.29, 0.717) is 6.54 Å². The van der Waals surface area contributed by atoms with Crippen LogP contribution in [0.5, 0.6) is 0 Å². The third-order valence-corrected chi connectivity index (χ3v) is 4.84. The molecule has 1 aromatic carbocycles. The van der Waals surface area contributed by atoms with Gasteiger partial charge in [-0.05, 0) is 24.0 Å². The fourth-order valence-electron chi connectivity index (χ4n) is 2.47. The minimum atomic E-state index is -3.23. The zero-order valence-electron chi connectivity index (χ0n) is 10.6. The van der Waals surface area contributed by atoms with E-state index in [2.05, 4.69) is 4.72 Å². The molecular formula is C13H20N2O2S.